The second kappa shape index (κ2) is 9.23. The third-order valence-electron chi connectivity index (χ3n) is 3.94. The Morgan fingerprint density at radius 2 is 1.86 bits per heavy atom. The Morgan fingerprint density at radius 3 is 2.61 bits per heavy atom. The number of hydrogen-bond donors (Lipinski definition) is 1. The molecule has 0 saturated carbocycles. The highest BCUT2D eigenvalue weighted by Gasteiger charge is 2.29. The van der Waals surface area contributed by atoms with Crippen LogP contribution in [0.5, 0.6) is 5.75 Å². The topological polar surface area (TPSA) is 102 Å². The van der Waals surface area contributed by atoms with Crippen LogP contribution in [0.15, 0.2) is 42.5 Å². The van der Waals surface area contributed by atoms with Gasteiger partial charge in [-0.15, -0.1) is 0 Å². The van der Waals surface area contributed by atoms with E-state index < -0.39 is 18.5 Å². The predicted octanol–water partition coefficient (Wildman–Crippen LogP) is 1.57. The van der Waals surface area contributed by atoms with E-state index in [0.29, 0.717) is 5.75 Å². The van der Waals surface area contributed by atoms with Crippen LogP contribution in [0.4, 0.5) is 4.79 Å². The average molecular weight is 402 g/mol. The van der Waals surface area contributed by atoms with E-state index in [1.807, 2.05) is 36.4 Å². The SMILES string of the molecule is O=C(COC(=O)COc1ccc2ccccc2c1)NCCN1C(=O)CSC1=O. The van der Waals surface area contributed by atoms with Crippen molar-refractivity contribution >= 4 is 45.6 Å². The summed E-state index contributed by atoms with van der Waals surface area (Å²) in [7, 11) is 0. The molecule has 146 valence electrons. The van der Waals surface area contributed by atoms with Gasteiger partial charge in [0.2, 0.25) is 5.91 Å². The van der Waals surface area contributed by atoms with E-state index in [1.165, 1.54) is 0 Å². The lowest BCUT2D eigenvalue weighted by Gasteiger charge is -2.13. The second-order valence-corrected chi connectivity index (χ2v) is 6.83. The number of nitrogens with zero attached hydrogens (tertiary/aromatic N) is 1. The number of rotatable bonds is 8. The molecule has 8 nitrogen and oxygen atoms in total. The Morgan fingerprint density at radius 1 is 1.07 bits per heavy atom. The fourth-order valence-electron chi connectivity index (χ4n) is 2.54. The van der Waals surface area contributed by atoms with Gasteiger partial charge < -0.3 is 14.8 Å². The normalized spacial score (nSPS) is 13.6. The first-order valence-corrected chi connectivity index (χ1v) is 9.52. The second-order valence-electron chi connectivity index (χ2n) is 5.91. The van der Waals surface area contributed by atoms with Gasteiger partial charge in [0.1, 0.15) is 5.75 Å². The Hall–Kier alpha value is -3.07. The molecule has 0 spiro atoms. The molecule has 9 heteroatoms. The summed E-state index contributed by atoms with van der Waals surface area (Å²) in [5, 5.41) is 4.21. The molecule has 1 heterocycles. The third kappa shape index (κ3) is 5.23. The molecule has 2 aromatic carbocycles. The number of ether oxygens (including phenoxy) is 2. The Labute approximate surface area is 165 Å². The highest BCUT2D eigenvalue weighted by Crippen LogP contribution is 2.20. The number of amides is 3. The summed E-state index contributed by atoms with van der Waals surface area (Å²) >= 11 is 0.932. The molecule has 3 rings (SSSR count). The summed E-state index contributed by atoms with van der Waals surface area (Å²) in [5.41, 5.74) is 0. The van der Waals surface area contributed by atoms with Gasteiger partial charge in [0.15, 0.2) is 13.2 Å². The van der Waals surface area contributed by atoms with Crippen molar-refractivity contribution in [1.82, 2.24) is 10.2 Å². The molecule has 0 bridgehead atoms. The molecule has 0 atom stereocenters. The maximum Gasteiger partial charge on any atom is 0.344 e. The summed E-state index contributed by atoms with van der Waals surface area (Å²) in [6, 6.07) is 13.2. The van der Waals surface area contributed by atoms with Gasteiger partial charge in [-0.25, -0.2) is 4.79 Å². The summed E-state index contributed by atoms with van der Waals surface area (Å²) in [4.78, 5) is 47.3. The molecule has 0 aliphatic carbocycles. The molecule has 28 heavy (non-hydrogen) atoms. The summed E-state index contributed by atoms with van der Waals surface area (Å²) in [6.07, 6.45) is 0. The Kier molecular flexibility index (Phi) is 6.49. The number of nitrogens with one attached hydrogen (secondary N) is 1. The minimum absolute atomic E-state index is 0.0927. The zero-order valence-corrected chi connectivity index (χ0v) is 15.7. The first-order chi connectivity index (χ1) is 13.5. The molecule has 3 amide bonds. The monoisotopic (exact) mass is 402 g/mol. The number of carbonyl (C=O) groups is 4. The van der Waals surface area contributed by atoms with Crippen molar-refractivity contribution in [2.75, 3.05) is 32.1 Å². The number of hydrogen-bond acceptors (Lipinski definition) is 7. The maximum absolute atomic E-state index is 11.7. The number of fused-ring (bicyclic) bond motifs is 1. The fraction of sp³-hybridized carbons (Fsp3) is 0.263. The van der Waals surface area contributed by atoms with E-state index in [9.17, 15) is 19.2 Å². The first-order valence-electron chi connectivity index (χ1n) is 8.54. The van der Waals surface area contributed by atoms with Crippen LogP contribution >= 0.6 is 11.8 Å². The van der Waals surface area contributed by atoms with Gasteiger partial charge in [-0.1, -0.05) is 42.1 Å². The molecule has 1 aliphatic heterocycles. The number of esters is 1. The van der Waals surface area contributed by atoms with Gasteiger partial charge in [-0.2, -0.15) is 0 Å². The fourth-order valence-corrected chi connectivity index (χ4v) is 3.29. The summed E-state index contributed by atoms with van der Waals surface area (Å²) in [6.45, 7) is -0.590. The lowest BCUT2D eigenvalue weighted by atomic mass is 10.1. The molecule has 1 N–H and O–H groups in total. The largest absolute Gasteiger partial charge is 0.482 e. The minimum Gasteiger partial charge on any atom is -0.482 e. The van der Waals surface area contributed by atoms with Gasteiger partial charge in [-0.3, -0.25) is 19.3 Å². The molecule has 0 unspecified atom stereocenters. The van der Waals surface area contributed by atoms with E-state index in [4.69, 9.17) is 9.47 Å². The van der Waals surface area contributed by atoms with Gasteiger partial charge in [0, 0.05) is 13.1 Å². The van der Waals surface area contributed by atoms with Gasteiger partial charge >= 0.3 is 5.97 Å². The molecular weight excluding hydrogens is 384 g/mol. The third-order valence-corrected chi connectivity index (χ3v) is 4.80. The molecular formula is C19H18N2O6S. The zero-order chi connectivity index (χ0) is 19.9. The van der Waals surface area contributed by atoms with E-state index in [2.05, 4.69) is 5.32 Å². The van der Waals surface area contributed by atoms with E-state index >= 15 is 0 Å². The predicted molar refractivity (Wildman–Crippen MR) is 103 cm³/mol. The Bertz CT molecular complexity index is 900. The number of thioether (sulfide) groups is 1. The van der Waals surface area contributed by atoms with Crippen LogP contribution < -0.4 is 10.1 Å². The van der Waals surface area contributed by atoms with E-state index in [1.54, 1.807) is 6.07 Å². The zero-order valence-electron chi connectivity index (χ0n) is 14.9. The highest BCUT2D eigenvalue weighted by molar-refractivity contribution is 8.14. The van der Waals surface area contributed by atoms with Gasteiger partial charge in [0.25, 0.3) is 11.1 Å². The van der Waals surface area contributed by atoms with Gasteiger partial charge in [0.05, 0.1) is 5.75 Å². The van der Waals surface area contributed by atoms with Crippen LogP contribution in [-0.4, -0.2) is 60.0 Å². The van der Waals surface area contributed by atoms with Crippen LogP contribution in [0.1, 0.15) is 0 Å². The Balaban J connectivity index is 1.34. The van der Waals surface area contributed by atoms with Crippen LogP contribution in [0.25, 0.3) is 10.8 Å². The van der Waals surface area contributed by atoms with Crippen molar-refractivity contribution in [3.63, 3.8) is 0 Å². The molecule has 2 aromatic rings. The summed E-state index contributed by atoms with van der Waals surface area (Å²) in [5.74, 6) is -0.823. The van der Waals surface area contributed by atoms with Crippen molar-refractivity contribution in [1.29, 1.82) is 0 Å². The van der Waals surface area contributed by atoms with Crippen molar-refractivity contribution in [2.24, 2.45) is 0 Å². The summed E-state index contributed by atoms with van der Waals surface area (Å²) < 4.78 is 10.2. The highest BCUT2D eigenvalue weighted by atomic mass is 32.2. The van der Waals surface area contributed by atoms with Crippen molar-refractivity contribution in [3.8, 4) is 5.75 Å². The molecule has 1 saturated heterocycles. The van der Waals surface area contributed by atoms with Crippen molar-refractivity contribution in [3.05, 3.63) is 42.5 Å². The lowest BCUT2D eigenvalue weighted by Crippen LogP contribution is -2.39. The maximum atomic E-state index is 11.7. The smallest absolute Gasteiger partial charge is 0.344 e. The quantitative estimate of drug-likeness (QED) is 0.669. The minimum atomic E-state index is -0.676. The number of benzene rings is 2. The lowest BCUT2D eigenvalue weighted by molar-refractivity contribution is -0.150. The van der Waals surface area contributed by atoms with Gasteiger partial charge in [-0.05, 0) is 22.9 Å². The molecule has 1 aliphatic rings. The van der Waals surface area contributed by atoms with Crippen LogP contribution in [0.2, 0.25) is 0 Å². The average Bonchev–Trinajstić information content (AvgIpc) is 3.02. The van der Waals surface area contributed by atoms with Crippen molar-refractivity contribution < 1.29 is 28.7 Å². The molecule has 1 fully saturated rings. The van der Waals surface area contributed by atoms with E-state index in [0.717, 1.165) is 27.4 Å². The van der Waals surface area contributed by atoms with Crippen LogP contribution in [0, 0.1) is 0 Å². The number of carbonyl (C=O) groups excluding carboxylic acids is 4. The standard InChI is InChI=1S/C19H18N2O6S/c22-16(20-7-8-21-17(23)12-28-19(21)25)10-27-18(24)11-26-15-6-5-13-3-1-2-4-14(13)9-15/h1-6,9H,7-8,10-12H2,(H,20,22). The first kappa shape index (κ1) is 19.7. The van der Waals surface area contributed by atoms with Crippen LogP contribution in [0.3, 0.4) is 0 Å². The molecule has 0 radical (unpaired) electrons. The van der Waals surface area contributed by atoms with E-state index in [-0.39, 0.29) is 36.6 Å². The van der Waals surface area contributed by atoms with Crippen molar-refractivity contribution in [2.45, 2.75) is 0 Å². The van der Waals surface area contributed by atoms with Crippen LogP contribution in [-0.2, 0) is 19.1 Å². The number of imide groups is 1. The molecule has 0 aromatic heterocycles.